The van der Waals surface area contributed by atoms with E-state index in [2.05, 4.69) is 43.0 Å². The van der Waals surface area contributed by atoms with Crippen molar-refractivity contribution in [3.63, 3.8) is 0 Å². The second-order valence-corrected chi connectivity index (χ2v) is 8.26. The van der Waals surface area contributed by atoms with Gasteiger partial charge >= 0.3 is 0 Å². The summed E-state index contributed by atoms with van der Waals surface area (Å²) in [6, 6.07) is 8.41. The number of nitrogens with one attached hydrogen (secondary N) is 3. The van der Waals surface area contributed by atoms with Crippen LogP contribution in [-0.2, 0) is 0 Å². The normalized spacial score (nSPS) is 15.5. The maximum Gasteiger partial charge on any atom is 0.263 e. The Hall–Kier alpha value is -2.65. The summed E-state index contributed by atoms with van der Waals surface area (Å²) >= 11 is 1.36. The first-order valence-electron chi connectivity index (χ1n) is 10.6. The lowest BCUT2D eigenvalue weighted by Crippen LogP contribution is -2.44. The van der Waals surface area contributed by atoms with E-state index >= 15 is 0 Å². The van der Waals surface area contributed by atoms with Gasteiger partial charge in [-0.25, -0.2) is 4.98 Å². The number of hydrogen-bond donors (Lipinski definition) is 3. The second-order valence-electron chi connectivity index (χ2n) is 7.40. The molecule has 8 nitrogen and oxygen atoms in total. The van der Waals surface area contributed by atoms with E-state index in [1.165, 1.54) is 29.7 Å². The number of guanidine groups is 1. The van der Waals surface area contributed by atoms with Crippen molar-refractivity contribution in [2.24, 2.45) is 4.99 Å². The van der Waals surface area contributed by atoms with Crippen molar-refractivity contribution in [2.45, 2.75) is 25.8 Å². The van der Waals surface area contributed by atoms with Gasteiger partial charge in [0.15, 0.2) is 5.96 Å². The van der Waals surface area contributed by atoms with Crippen molar-refractivity contribution < 1.29 is 9.53 Å². The minimum Gasteiger partial charge on any atom is -0.496 e. The summed E-state index contributed by atoms with van der Waals surface area (Å²) in [7, 11) is 3.47. The summed E-state index contributed by atoms with van der Waals surface area (Å²) < 4.78 is 5.62. The number of para-hydroxylation sites is 1. The third-order valence-corrected chi connectivity index (χ3v) is 6.35. The number of methoxy groups -OCH3 is 1. The van der Waals surface area contributed by atoms with Gasteiger partial charge in [-0.15, -0.1) is 11.3 Å². The predicted octanol–water partition coefficient (Wildman–Crippen LogP) is 2.19. The minimum atomic E-state index is -0.0879. The van der Waals surface area contributed by atoms with E-state index in [9.17, 15) is 4.79 Å². The molecule has 1 amide bonds. The van der Waals surface area contributed by atoms with E-state index in [4.69, 9.17) is 4.74 Å². The lowest BCUT2D eigenvalue weighted by atomic mass is 10.0. The zero-order valence-electron chi connectivity index (χ0n) is 18.5. The van der Waals surface area contributed by atoms with Crippen molar-refractivity contribution in [1.29, 1.82) is 0 Å². The summed E-state index contributed by atoms with van der Waals surface area (Å²) in [4.78, 5) is 23.8. The van der Waals surface area contributed by atoms with Gasteiger partial charge in [-0.2, -0.15) is 0 Å². The molecule has 1 aromatic carbocycles. The second kappa shape index (κ2) is 11.7. The molecule has 0 bridgehead atoms. The Kier molecular flexibility index (Phi) is 8.66. The van der Waals surface area contributed by atoms with Crippen LogP contribution in [0.5, 0.6) is 5.75 Å². The average molecular weight is 445 g/mol. The van der Waals surface area contributed by atoms with E-state index < -0.39 is 0 Å². The first kappa shape index (κ1) is 23.0. The van der Waals surface area contributed by atoms with Gasteiger partial charge in [0.1, 0.15) is 10.6 Å². The Bertz CT molecular complexity index is 878. The van der Waals surface area contributed by atoms with Gasteiger partial charge in [0.2, 0.25) is 0 Å². The number of benzene rings is 1. The van der Waals surface area contributed by atoms with Crippen LogP contribution in [-0.4, -0.2) is 68.6 Å². The molecule has 1 aliphatic rings. The molecule has 0 spiro atoms. The Morgan fingerprint density at radius 1 is 1.23 bits per heavy atom. The number of rotatable bonds is 9. The molecule has 1 aliphatic heterocycles. The molecule has 9 heteroatoms. The van der Waals surface area contributed by atoms with Gasteiger partial charge in [0.05, 0.1) is 24.4 Å². The maximum atomic E-state index is 12.2. The molecule has 0 aliphatic carbocycles. The first-order chi connectivity index (χ1) is 15.1. The largest absolute Gasteiger partial charge is 0.496 e. The number of likely N-dealkylation sites (tertiary alicyclic amines) is 1. The van der Waals surface area contributed by atoms with Gasteiger partial charge < -0.3 is 20.7 Å². The third kappa shape index (κ3) is 6.18. The molecule has 3 rings (SSSR count). The quantitative estimate of drug-likeness (QED) is 0.312. The Morgan fingerprint density at radius 3 is 2.65 bits per heavy atom. The number of thiazole rings is 1. The van der Waals surface area contributed by atoms with Crippen LogP contribution in [0, 0.1) is 6.92 Å². The van der Waals surface area contributed by atoms with Crippen LogP contribution in [0.3, 0.4) is 0 Å². The molecule has 1 unspecified atom stereocenters. The standard InChI is InChI=1S/C22H32N6O2S/c1-16-20(31-15-27-16)21(29)24-10-11-25-22(23-2)26-14-18(28-12-6-7-13-28)17-8-4-5-9-19(17)30-3/h4-5,8-9,15,18H,6-7,10-14H2,1-3H3,(H,24,29)(H2,23,25,26). The van der Waals surface area contributed by atoms with Crippen molar-refractivity contribution in [2.75, 3.05) is 46.9 Å². The third-order valence-electron chi connectivity index (χ3n) is 5.42. The van der Waals surface area contributed by atoms with Gasteiger partial charge in [0.25, 0.3) is 5.91 Å². The molecule has 2 aromatic rings. The lowest BCUT2D eigenvalue weighted by Gasteiger charge is -2.30. The summed E-state index contributed by atoms with van der Waals surface area (Å²) in [6.07, 6.45) is 2.44. The highest BCUT2D eigenvalue weighted by molar-refractivity contribution is 7.11. The van der Waals surface area contributed by atoms with Gasteiger partial charge in [-0.1, -0.05) is 18.2 Å². The van der Waals surface area contributed by atoms with E-state index in [0.29, 0.717) is 30.5 Å². The number of carbonyl (C=O) groups is 1. The number of aromatic nitrogens is 1. The molecule has 1 atom stereocenters. The Morgan fingerprint density at radius 2 is 1.97 bits per heavy atom. The zero-order chi connectivity index (χ0) is 22.1. The number of amides is 1. The fraction of sp³-hybridized carbons (Fsp3) is 0.500. The van der Waals surface area contributed by atoms with Gasteiger partial charge in [0, 0.05) is 32.2 Å². The molecular weight excluding hydrogens is 412 g/mol. The Balaban J connectivity index is 1.52. The van der Waals surface area contributed by atoms with E-state index in [0.717, 1.165) is 24.5 Å². The Labute approximate surface area is 188 Å². The van der Waals surface area contributed by atoms with Crippen LogP contribution in [0.15, 0.2) is 34.8 Å². The number of aliphatic imine (C=N–C) groups is 1. The van der Waals surface area contributed by atoms with Crippen molar-refractivity contribution in [1.82, 2.24) is 25.8 Å². The van der Waals surface area contributed by atoms with Crippen LogP contribution in [0.4, 0.5) is 0 Å². The van der Waals surface area contributed by atoms with Gasteiger partial charge in [-0.05, 0) is 38.9 Å². The maximum absolute atomic E-state index is 12.2. The fourth-order valence-electron chi connectivity index (χ4n) is 3.80. The smallest absolute Gasteiger partial charge is 0.263 e. The van der Waals surface area contributed by atoms with Crippen LogP contribution >= 0.6 is 11.3 Å². The molecular formula is C22H32N6O2S. The topological polar surface area (TPSA) is 90.9 Å². The molecule has 1 saturated heterocycles. The minimum absolute atomic E-state index is 0.0879. The number of carbonyl (C=O) groups excluding carboxylic acids is 1. The highest BCUT2D eigenvalue weighted by atomic mass is 32.1. The molecule has 1 fully saturated rings. The number of aryl methyl sites for hydroxylation is 1. The monoisotopic (exact) mass is 444 g/mol. The zero-order valence-corrected chi connectivity index (χ0v) is 19.3. The number of hydrogen-bond acceptors (Lipinski definition) is 6. The van der Waals surface area contributed by atoms with Crippen molar-refractivity contribution in [3.05, 3.63) is 45.9 Å². The van der Waals surface area contributed by atoms with Crippen molar-refractivity contribution in [3.8, 4) is 5.75 Å². The van der Waals surface area contributed by atoms with E-state index in [-0.39, 0.29) is 11.9 Å². The van der Waals surface area contributed by atoms with Crippen molar-refractivity contribution >= 4 is 23.2 Å². The van der Waals surface area contributed by atoms with Gasteiger partial charge in [-0.3, -0.25) is 14.7 Å². The number of ether oxygens (including phenoxy) is 1. The molecule has 1 aromatic heterocycles. The summed E-state index contributed by atoms with van der Waals surface area (Å²) in [5.41, 5.74) is 3.63. The highest BCUT2D eigenvalue weighted by Gasteiger charge is 2.26. The van der Waals surface area contributed by atoms with E-state index in [1.807, 2.05) is 19.1 Å². The summed E-state index contributed by atoms with van der Waals surface area (Å²) in [5, 5.41) is 9.63. The first-order valence-corrected chi connectivity index (χ1v) is 11.5. The molecule has 2 heterocycles. The fourth-order valence-corrected chi connectivity index (χ4v) is 4.52. The van der Waals surface area contributed by atoms with Crippen LogP contribution in [0.25, 0.3) is 0 Å². The predicted molar refractivity (Wildman–Crippen MR) is 125 cm³/mol. The molecule has 3 N–H and O–H groups in total. The lowest BCUT2D eigenvalue weighted by molar-refractivity contribution is 0.0957. The summed E-state index contributed by atoms with van der Waals surface area (Å²) in [6.45, 7) is 5.80. The SMILES string of the molecule is CN=C(NCCNC(=O)c1scnc1C)NCC(c1ccccc1OC)N1CCCC1. The molecule has 168 valence electrons. The molecule has 31 heavy (non-hydrogen) atoms. The molecule has 0 saturated carbocycles. The number of nitrogens with zero attached hydrogens (tertiary/aromatic N) is 3. The van der Waals surface area contributed by atoms with E-state index in [1.54, 1.807) is 19.7 Å². The molecule has 0 radical (unpaired) electrons. The van der Waals surface area contributed by atoms with Crippen LogP contribution < -0.4 is 20.7 Å². The van der Waals surface area contributed by atoms with Crippen LogP contribution in [0.2, 0.25) is 0 Å². The highest BCUT2D eigenvalue weighted by Crippen LogP contribution is 2.31. The summed E-state index contributed by atoms with van der Waals surface area (Å²) in [5.74, 6) is 1.53. The van der Waals surface area contributed by atoms with Crippen LogP contribution in [0.1, 0.15) is 39.8 Å². The average Bonchev–Trinajstić information content (AvgIpc) is 3.47.